The van der Waals surface area contributed by atoms with Crippen LogP contribution in [0.5, 0.6) is 0 Å². The van der Waals surface area contributed by atoms with E-state index in [1.807, 2.05) is 76.5 Å². The van der Waals surface area contributed by atoms with Gasteiger partial charge >= 0.3 is 6.03 Å². The molecule has 4 rings (SSSR count). The molecule has 1 aliphatic rings. The molecule has 11 nitrogen and oxygen atoms in total. The number of hydrogen-bond acceptors (Lipinski definition) is 8. The van der Waals surface area contributed by atoms with Crippen LogP contribution in [-0.2, 0) is 38.6 Å². The third-order valence-corrected chi connectivity index (χ3v) is 11.0. The second-order valence-electron chi connectivity index (χ2n) is 15.4. The molecule has 53 heavy (non-hydrogen) atoms. The van der Waals surface area contributed by atoms with Gasteiger partial charge in [-0.3, -0.25) is 14.4 Å². The Morgan fingerprint density at radius 3 is 2.26 bits per heavy atom. The number of ketones is 1. The third kappa shape index (κ3) is 12.5. The van der Waals surface area contributed by atoms with Gasteiger partial charge in [0.15, 0.2) is 5.78 Å². The van der Waals surface area contributed by atoms with E-state index in [2.05, 4.69) is 34.7 Å². The van der Waals surface area contributed by atoms with Crippen LogP contribution in [0.3, 0.4) is 0 Å². The number of aliphatic hydroxyl groups excluding tert-OH is 1. The number of nitrogens with one attached hydrogen (secondary N) is 2. The van der Waals surface area contributed by atoms with Crippen LogP contribution in [0.25, 0.3) is 10.4 Å². The zero-order valence-corrected chi connectivity index (χ0v) is 32.8. The van der Waals surface area contributed by atoms with Gasteiger partial charge in [0.2, 0.25) is 11.8 Å². The molecule has 0 aliphatic carbocycles. The molecule has 0 saturated carbocycles. The molecule has 0 radical (unpaired) electrons. The number of amides is 4. The van der Waals surface area contributed by atoms with Gasteiger partial charge in [-0.2, -0.15) is 0 Å². The van der Waals surface area contributed by atoms with E-state index >= 15 is 0 Å². The summed E-state index contributed by atoms with van der Waals surface area (Å²) < 4.78 is 5.99. The number of benzene rings is 2. The molecule has 0 spiro atoms. The van der Waals surface area contributed by atoms with Crippen molar-refractivity contribution in [3.63, 3.8) is 0 Å². The van der Waals surface area contributed by atoms with Crippen LogP contribution in [0.4, 0.5) is 4.79 Å². The molecular weight excluding hydrogens is 691 g/mol. The highest BCUT2D eigenvalue weighted by atomic mass is 32.1. The summed E-state index contributed by atoms with van der Waals surface area (Å²) in [5, 5.41) is 16.3. The van der Waals surface area contributed by atoms with Crippen LogP contribution in [0, 0.1) is 18.3 Å². The molecule has 5 atom stereocenters. The summed E-state index contributed by atoms with van der Waals surface area (Å²) in [6, 6.07) is 14.2. The molecule has 288 valence electrons. The number of carbonyl (C=O) groups excluding carboxylic acids is 4. The first-order valence-corrected chi connectivity index (χ1v) is 19.5. The molecule has 4 amide bonds. The molecule has 1 saturated heterocycles. The van der Waals surface area contributed by atoms with Crippen LogP contribution in [0.2, 0.25) is 0 Å². The Hall–Kier alpha value is -4.13. The van der Waals surface area contributed by atoms with Gasteiger partial charge in [0.1, 0.15) is 6.04 Å². The predicted molar refractivity (Wildman–Crippen MR) is 208 cm³/mol. The largest absolute Gasteiger partial charge is 0.391 e. The van der Waals surface area contributed by atoms with Crippen molar-refractivity contribution in [2.24, 2.45) is 17.1 Å². The van der Waals surface area contributed by atoms with E-state index in [4.69, 9.17) is 10.5 Å². The van der Waals surface area contributed by atoms with E-state index in [-0.39, 0.29) is 49.0 Å². The van der Waals surface area contributed by atoms with Crippen molar-refractivity contribution >= 4 is 35.0 Å². The first-order valence-electron chi connectivity index (χ1n) is 18.6. The fourth-order valence-electron chi connectivity index (χ4n) is 6.49. The number of nitrogens with two attached hydrogens (primary N) is 1. The minimum absolute atomic E-state index is 0.00416. The Balaban J connectivity index is 1.23. The number of nitrogens with zero attached hydrogens (tertiary/aromatic N) is 2. The number of primary amides is 1. The Labute approximate surface area is 318 Å². The lowest BCUT2D eigenvalue weighted by atomic mass is 9.85. The summed E-state index contributed by atoms with van der Waals surface area (Å²) in [6.07, 6.45) is 2.66. The first-order chi connectivity index (χ1) is 25.1. The van der Waals surface area contributed by atoms with Gasteiger partial charge in [-0.1, -0.05) is 76.2 Å². The van der Waals surface area contributed by atoms with E-state index in [1.165, 1.54) is 4.90 Å². The number of likely N-dealkylation sites (tertiary alicyclic amines) is 1. The third-order valence-electron chi connectivity index (χ3n) is 10.1. The van der Waals surface area contributed by atoms with Crippen molar-refractivity contribution in [2.75, 3.05) is 13.1 Å². The maximum atomic E-state index is 13.9. The summed E-state index contributed by atoms with van der Waals surface area (Å²) in [5.41, 5.74) is 11.7. The van der Waals surface area contributed by atoms with Crippen molar-refractivity contribution < 1.29 is 29.0 Å². The average Bonchev–Trinajstić information content (AvgIpc) is 3.74. The maximum absolute atomic E-state index is 13.9. The van der Waals surface area contributed by atoms with Crippen molar-refractivity contribution in [1.29, 1.82) is 0 Å². The summed E-state index contributed by atoms with van der Waals surface area (Å²) in [6.45, 7) is 12.6. The SMILES string of the molecule is Cc1ncsc1-c1ccc(CCC(=O)[C@@H]2C[C@@H](O)CN2C(=O)[C@@H](NC(=O)NCCCc2ccc(CO[C@H](C)[C@@H](C)CCC(N)=O)cc2)C(C)(C)C)cc1. The van der Waals surface area contributed by atoms with Crippen LogP contribution in [-0.4, -0.2) is 76.0 Å². The summed E-state index contributed by atoms with van der Waals surface area (Å²) >= 11 is 1.59. The minimum Gasteiger partial charge on any atom is -0.391 e. The number of hydrogen-bond donors (Lipinski definition) is 4. The molecule has 1 aromatic heterocycles. The van der Waals surface area contributed by atoms with Gasteiger partial charge < -0.3 is 31.1 Å². The molecular formula is C41H57N5O6S. The van der Waals surface area contributed by atoms with Gasteiger partial charge in [0.05, 0.1) is 40.9 Å². The quantitative estimate of drug-likeness (QED) is 0.121. The zero-order valence-electron chi connectivity index (χ0n) is 32.0. The van der Waals surface area contributed by atoms with Gasteiger partial charge in [0.25, 0.3) is 0 Å². The number of aryl methyl sites for hydroxylation is 3. The normalized spacial score (nSPS) is 17.6. The second kappa shape index (κ2) is 19.3. The average molecular weight is 748 g/mol. The lowest BCUT2D eigenvalue weighted by molar-refractivity contribution is -0.141. The maximum Gasteiger partial charge on any atom is 0.315 e. The van der Waals surface area contributed by atoms with E-state index in [9.17, 15) is 24.3 Å². The summed E-state index contributed by atoms with van der Waals surface area (Å²) in [5.74, 6) is -0.543. The van der Waals surface area contributed by atoms with Crippen LogP contribution >= 0.6 is 11.3 Å². The van der Waals surface area contributed by atoms with Crippen molar-refractivity contribution in [1.82, 2.24) is 20.5 Å². The molecule has 3 aromatic rings. The molecule has 12 heteroatoms. The highest BCUT2D eigenvalue weighted by Crippen LogP contribution is 2.29. The van der Waals surface area contributed by atoms with E-state index < -0.39 is 29.6 Å². The number of carbonyl (C=O) groups is 4. The highest BCUT2D eigenvalue weighted by Gasteiger charge is 2.44. The number of Topliss-reactive ketones (excluding diaryl/α,β-unsaturated/α-hetero) is 1. The molecule has 2 aromatic carbocycles. The number of aliphatic hydroxyl groups is 1. The fourth-order valence-corrected chi connectivity index (χ4v) is 7.30. The number of urea groups is 1. The molecule has 1 fully saturated rings. The van der Waals surface area contributed by atoms with Gasteiger partial charge in [0, 0.05) is 32.4 Å². The number of ether oxygens (including phenoxy) is 1. The van der Waals surface area contributed by atoms with E-state index in [0.717, 1.165) is 39.2 Å². The molecule has 0 unspecified atom stereocenters. The van der Waals surface area contributed by atoms with Crippen LogP contribution in [0.1, 0.15) is 89.1 Å². The number of thiazole rings is 1. The Kier molecular flexibility index (Phi) is 15.1. The van der Waals surface area contributed by atoms with Gasteiger partial charge in [-0.25, -0.2) is 9.78 Å². The van der Waals surface area contributed by atoms with Crippen molar-refractivity contribution in [3.8, 4) is 10.4 Å². The van der Waals surface area contributed by atoms with Crippen LogP contribution in [0.15, 0.2) is 54.0 Å². The lowest BCUT2D eigenvalue weighted by Gasteiger charge is -2.35. The monoisotopic (exact) mass is 747 g/mol. The van der Waals surface area contributed by atoms with Crippen molar-refractivity contribution in [2.45, 2.75) is 117 Å². The molecule has 0 bridgehead atoms. The highest BCUT2D eigenvalue weighted by molar-refractivity contribution is 7.13. The van der Waals surface area contributed by atoms with E-state index in [0.29, 0.717) is 38.8 Å². The number of β-amino-alcohol motifs (C(OH)–C–C–N with tert-alkyl or cyclic N) is 1. The lowest BCUT2D eigenvalue weighted by Crippen LogP contribution is -2.58. The Morgan fingerprint density at radius 1 is 1.00 bits per heavy atom. The smallest absolute Gasteiger partial charge is 0.315 e. The van der Waals surface area contributed by atoms with Gasteiger partial charge in [-0.15, -0.1) is 11.3 Å². The Bertz CT molecular complexity index is 1670. The topological polar surface area (TPSA) is 164 Å². The summed E-state index contributed by atoms with van der Waals surface area (Å²) in [7, 11) is 0. The predicted octanol–water partition coefficient (Wildman–Crippen LogP) is 5.74. The summed E-state index contributed by atoms with van der Waals surface area (Å²) in [4.78, 5) is 58.4. The van der Waals surface area contributed by atoms with Crippen LogP contribution < -0.4 is 16.4 Å². The van der Waals surface area contributed by atoms with E-state index in [1.54, 1.807) is 11.3 Å². The zero-order chi connectivity index (χ0) is 38.7. The first kappa shape index (κ1) is 41.6. The molecule has 2 heterocycles. The Morgan fingerprint density at radius 2 is 1.64 bits per heavy atom. The number of aromatic nitrogens is 1. The fraction of sp³-hybridized carbons (Fsp3) is 0.537. The molecule has 5 N–H and O–H groups in total. The molecule has 1 aliphatic heterocycles. The standard InChI is InChI=1S/C41H57N5O6S/c1-26(9-20-36(42)49)28(3)52-24-31-12-10-29(11-13-31)8-7-21-43-40(51)45-38(41(4,5)6)39(50)46-23-33(47)22-34(46)35(48)19-16-30-14-17-32(18-15-30)37-27(2)44-25-53-37/h10-15,17-18,25-26,28,33-34,38,47H,7-9,16,19-24H2,1-6H3,(H2,42,49)(H2,43,45,51)/t26-,28+,33+,34-,38+/m0/s1. The number of rotatable bonds is 18. The minimum atomic E-state index is -0.894. The van der Waals surface area contributed by atoms with Gasteiger partial charge in [-0.05, 0) is 73.1 Å². The van der Waals surface area contributed by atoms with Crippen molar-refractivity contribution in [3.05, 3.63) is 76.4 Å². The second-order valence-corrected chi connectivity index (χ2v) is 16.3.